The predicted octanol–water partition coefficient (Wildman–Crippen LogP) is 2.61. The normalized spacial score (nSPS) is 12.3. The summed E-state index contributed by atoms with van der Waals surface area (Å²) >= 11 is 11.9. The first-order valence-corrected chi connectivity index (χ1v) is 5.75. The van der Waals surface area contributed by atoms with Gasteiger partial charge in [0.15, 0.2) is 0 Å². The number of hydrogen-bond donors (Lipinski definition) is 3. The predicted molar refractivity (Wildman–Crippen MR) is 68.6 cm³/mol. The van der Waals surface area contributed by atoms with Gasteiger partial charge in [-0.2, -0.15) is 0 Å². The Kier molecular flexibility index (Phi) is 5.12. The van der Waals surface area contributed by atoms with Crippen molar-refractivity contribution in [2.45, 2.75) is 19.4 Å². The number of aromatic nitrogens is 1. The minimum absolute atomic E-state index is 0.0980. The Morgan fingerprint density at radius 1 is 1.38 bits per heavy atom. The van der Waals surface area contributed by atoms with E-state index in [1.807, 2.05) is 6.92 Å². The van der Waals surface area contributed by atoms with Crippen molar-refractivity contribution >= 4 is 34.8 Å². The molecule has 1 aromatic rings. The van der Waals surface area contributed by atoms with Gasteiger partial charge in [0.2, 0.25) is 0 Å². The third-order valence-corrected chi connectivity index (χ3v) is 2.69. The standard InChI is InChI=1S/C10H15Cl2N3O/c1-6(3-4-16)14-10-8(12)5-7(11)9(13-2)15-10/h5-6,16H,3-4H2,1-2H3,(H2,13,14,15). The molecule has 0 aliphatic rings. The average Bonchev–Trinajstić information content (AvgIpc) is 2.22. The summed E-state index contributed by atoms with van der Waals surface area (Å²) in [4.78, 5) is 4.24. The van der Waals surface area contributed by atoms with Gasteiger partial charge in [0.25, 0.3) is 0 Å². The highest BCUT2D eigenvalue weighted by molar-refractivity contribution is 6.37. The van der Waals surface area contributed by atoms with Crippen molar-refractivity contribution in [3.63, 3.8) is 0 Å². The molecule has 0 saturated heterocycles. The van der Waals surface area contributed by atoms with Crippen LogP contribution in [-0.2, 0) is 0 Å². The summed E-state index contributed by atoms with van der Waals surface area (Å²) in [5.41, 5.74) is 0. The van der Waals surface area contributed by atoms with Gasteiger partial charge in [0.05, 0.1) is 10.0 Å². The number of hydrogen-bond acceptors (Lipinski definition) is 4. The molecule has 16 heavy (non-hydrogen) atoms. The monoisotopic (exact) mass is 263 g/mol. The van der Waals surface area contributed by atoms with Gasteiger partial charge in [-0.3, -0.25) is 0 Å². The Bertz CT molecular complexity index is 360. The van der Waals surface area contributed by atoms with Gasteiger partial charge in [-0.25, -0.2) is 4.98 Å². The topological polar surface area (TPSA) is 57.2 Å². The molecule has 0 amide bonds. The maximum Gasteiger partial charge on any atom is 0.147 e. The second kappa shape index (κ2) is 6.13. The molecular formula is C10H15Cl2N3O. The van der Waals surface area contributed by atoms with Crippen LogP contribution in [0.3, 0.4) is 0 Å². The summed E-state index contributed by atoms with van der Waals surface area (Å²) in [6.07, 6.45) is 0.634. The van der Waals surface area contributed by atoms with E-state index in [1.165, 1.54) is 0 Å². The fourth-order valence-electron chi connectivity index (χ4n) is 1.24. The van der Waals surface area contributed by atoms with Gasteiger partial charge >= 0.3 is 0 Å². The van der Waals surface area contributed by atoms with E-state index in [9.17, 15) is 0 Å². The molecular weight excluding hydrogens is 249 g/mol. The zero-order chi connectivity index (χ0) is 12.1. The van der Waals surface area contributed by atoms with Crippen LogP contribution in [0, 0.1) is 0 Å². The highest BCUT2D eigenvalue weighted by Gasteiger charge is 2.10. The lowest BCUT2D eigenvalue weighted by Gasteiger charge is -2.15. The van der Waals surface area contributed by atoms with Crippen LogP contribution in [0.5, 0.6) is 0 Å². The summed E-state index contributed by atoms with van der Waals surface area (Å²) in [7, 11) is 1.74. The summed E-state index contributed by atoms with van der Waals surface area (Å²) in [5, 5.41) is 15.7. The zero-order valence-electron chi connectivity index (χ0n) is 9.22. The van der Waals surface area contributed by atoms with Crippen LogP contribution >= 0.6 is 23.2 Å². The Balaban J connectivity index is 2.87. The highest BCUT2D eigenvalue weighted by atomic mass is 35.5. The zero-order valence-corrected chi connectivity index (χ0v) is 10.7. The number of anilines is 2. The molecule has 0 aliphatic carbocycles. The molecule has 0 fully saturated rings. The Labute approximate surface area is 105 Å². The molecule has 0 radical (unpaired) electrons. The molecule has 4 nitrogen and oxygen atoms in total. The van der Waals surface area contributed by atoms with Crippen LogP contribution in [0.2, 0.25) is 10.0 Å². The Hall–Kier alpha value is -0.710. The molecule has 6 heteroatoms. The first-order chi connectivity index (χ1) is 7.58. The maximum absolute atomic E-state index is 8.80. The summed E-state index contributed by atoms with van der Waals surface area (Å²) in [6.45, 7) is 2.07. The number of pyridine rings is 1. The largest absolute Gasteiger partial charge is 0.396 e. The quantitative estimate of drug-likeness (QED) is 0.765. The number of halogens is 2. The molecule has 0 aromatic carbocycles. The lowest BCUT2D eigenvalue weighted by atomic mass is 10.2. The van der Waals surface area contributed by atoms with E-state index < -0.39 is 0 Å². The molecule has 0 saturated carbocycles. The van der Waals surface area contributed by atoms with Crippen molar-refractivity contribution in [1.29, 1.82) is 0 Å². The van der Waals surface area contributed by atoms with Gasteiger partial charge in [-0.1, -0.05) is 23.2 Å². The smallest absolute Gasteiger partial charge is 0.147 e. The minimum atomic E-state index is 0.0980. The van der Waals surface area contributed by atoms with E-state index in [-0.39, 0.29) is 12.6 Å². The maximum atomic E-state index is 8.80. The van der Waals surface area contributed by atoms with Crippen molar-refractivity contribution in [3.05, 3.63) is 16.1 Å². The van der Waals surface area contributed by atoms with E-state index >= 15 is 0 Å². The fourth-order valence-corrected chi connectivity index (χ4v) is 1.75. The molecule has 1 heterocycles. The number of aliphatic hydroxyl groups is 1. The van der Waals surface area contributed by atoms with E-state index in [1.54, 1.807) is 13.1 Å². The van der Waals surface area contributed by atoms with Crippen molar-refractivity contribution in [3.8, 4) is 0 Å². The molecule has 1 atom stereocenters. The van der Waals surface area contributed by atoms with Crippen LogP contribution < -0.4 is 10.6 Å². The first kappa shape index (κ1) is 13.4. The second-order valence-electron chi connectivity index (χ2n) is 3.46. The lowest BCUT2D eigenvalue weighted by molar-refractivity contribution is 0.282. The van der Waals surface area contributed by atoms with Crippen molar-refractivity contribution < 1.29 is 5.11 Å². The molecule has 0 spiro atoms. The van der Waals surface area contributed by atoms with Crippen LogP contribution in [0.15, 0.2) is 6.07 Å². The van der Waals surface area contributed by atoms with E-state index in [4.69, 9.17) is 28.3 Å². The van der Waals surface area contributed by atoms with Crippen LogP contribution in [0.1, 0.15) is 13.3 Å². The molecule has 1 rings (SSSR count). The SMILES string of the molecule is CNc1nc(NC(C)CCO)c(Cl)cc1Cl. The molecule has 3 N–H and O–H groups in total. The summed E-state index contributed by atoms with van der Waals surface area (Å²) < 4.78 is 0. The van der Waals surface area contributed by atoms with Gasteiger partial charge in [-0.05, 0) is 19.4 Å². The number of rotatable bonds is 5. The third kappa shape index (κ3) is 3.40. The van der Waals surface area contributed by atoms with Crippen molar-refractivity contribution in [1.82, 2.24) is 4.98 Å². The first-order valence-electron chi connectivity index (χ1n) is 4.99. The summed E-state index contributed by atoms with van der Waals surface area (Å²) in [6, 6.07) is 1.73. The molecule has 1 unspecified atom stereocenters. The van der Waals surface area contributed by atoms with Crippen LogP contribution in [-0.4, -0.2) is 29.8 Å². The molecule has 0 bridgehead atoms. The molecule has 90 valence electrons. The average molecular weight is 264 g/mol. The highest BCUT2D eigenvalue weighted by Crippen LogP contribution is 2.29. The van der Waals surface area contributed by atoms with E-state index in [2.05, 4.69) is 15.6 Å². The number of nitrogens with zero attached hydrogens (tertiary/aromatic N) is 1. The molecule has 1 aromatic heterocycles. The van der Waals surface area contributed by atoms with Crippen LogP contribution in [0.4, 0.5) is 11.6 Å². The molecule has 0 aliphatic heterocycles. The third-order valence-electron chi connectivity index (χ3n) is 2.11. The van der Waals surface area contributed by atoms with Gasteiger partial charge in [0, 0.05) is 19.7 Å². The fraction of sp³-hybridized carbons (Fsp3) is 0.500. The van der Waals surface area contributed by atoms with Gasteiger partial charge < -0.3 is 15.7 Å². The number of aliphatic hydroxyl groups excluding tert-OH is 1. The Morgan fingerprint density at radius 2 is 2.00 bits per heavy atom. The van der Waals surface area contributed by atoms with Crippen molar-refractivity contribution in [2.75, 3.05) is 24.3 Å². The second-order valence-corrected chi connectivity index (χ2v) is 4.27. The van der Waals surface area contributed by atoms with Crippen molar-refractivity contribution in [2.24, 2.45) is 0 Å². The van der Waals surface area contributed by atoms with E-state index in [0.717, 1.165) is 0 Å². The van der Waals surface area contributed by atoms with Gasteiger partial charge in [0.1, 0.15) is 11.6 Å². The van der Waals surface area contributed by atoms with Crippen LogP contribution in [0.25, 0.3) is 0 Å². The number of nitrogens with one attached hydrogen (secondary N) is 2. The van der Waals surface area contributed by atoms with Gasteiger partial charge in [-0.15, -0.1) is 0 Å². The Morgan fingerprint density at radius 3 is 2.56 bits per heavy atom. The summed E-state index contributed by atoms with van der Waals surface area (Å²) in [5.74, 6) is 1.14. The minimum Gasteiger partial charge on any atom is -0.396 e. The lowest BCUT2D eigenvalue weighted by Crippen LogP contribution is -2.18. The van der Waals surface area contributed by atoms with E-state index in [0.29, 0.717) is 28.1 Å².